The molecule has 2 aliphatic rings. The molecular weight excluding hydrogens is 462 g/mol. The maximum Gasteiger partial charge on any atom is 0.0687 e. The second-order valence-electron chi connectivity index (χ2n) is 9.44. The highest BCUT2D eigenvalue weighted by Crippen LogP contribution is 2.50. The molecule has 0 spiro atoms. The third-order valence-corrected chi connectivity index (χ3v) is 9.63. The Labute approximate surface area is 218 Å². The molecule has 0 aliphatic heterocycles. The Kier molecular flexibility index (Phi) is 7.46. The van der Waals surface area contributed by atoms with Crippen molar-refractivity contribution < 1.29 is 0 Å². The Morgan fingerprint density at radius 3 is 2.57 bits per heavy atom. The summed E-state index contributed by atoms with van der Waals surface area (Å²) in [6.07, 6.45) is 10.7. The minimum Gasteiger partial charge on any atom is -0.381 e. The van der Waals surface area contributed by atoms with Crippen LogP contribution in [0.1, 0.15) is 58.4 Å². The van der Waals surface area contributed by atoms with E-state index in [1.54, 1.807) is 0 Å². The molecule has 0 fully saturated rings. The van der Waals surface area contributed by atoms with Crippen molar-refractivity contribution in [2.75, 3.05) is 6.54 Å². The van der Waals surface area contributed by atoms with Gasteiger partial charge in [-0.15, -0.1) is 23.1 Å². The van der Waals surface area contributed by atoms with Crippen LogP contribution in [0.5, 0.6) is 0 Å². The highest BCUT2D eigenvalue weighted by molar-refractivity contribution is 8.00. The number of benzene rings is 2. The second kappa shape index (κ2) is 10.9. The van der Waals surface area contributed by atoms with Crippen molar-refractivity contribution in [1.82, 2.24) is 5.32 Å². The van der Waals surface area contributed by atoms with Gasteiger partial charge in [-0.3, -0.25) is 0 Å². The van der Waals surface area contributed by atoms with Gasteiger partial charge in [0, 0.05) is 23.6 Å². The van der Waals surface area contributed by atoms with Gasteiger partial charge in [-0.05, 0) is 65.0 Å². The minimum atomic E-state index is 0.468. The predicted molar refractivity (Wildman–Crippen MR) is 155 cm³/mol. The van der Waals surface area contributed by atoms with Gasteiger partial charge < -0.3 is 5.32 Å². The van der Waals surface area contributed by atoms with E-state index in [4.69, 9.17) is 0 Å². The number of aryl methyl sites for hydroxylation is 1. The molecule has 1 aromatic heterocycles. The van der Waals surface area contributed by atoms with Gasteiger partial charge in [0.05, 0.1) is 9.09 Å². The molecule has 1 N–H and O–H groups in total. The molecule has 3 heteroatoms. The summed E-state index contributed by atoms with van der Waals surface area (Å²) in [6, 6.07) is 20.0. The summed E-state index contributed by atoms with van der Waals surface area (Å²) in [5.41, 5.74) is 10.7. The molecule has 0 amide bonds. The molecule has 5 rings (SSSR count). The zero-order valence-corrected chi connectivity index (χ0v) is 22.1. The molecule has 0 saturated carbocycles. The fourth-order valence-electron chi connectivity index (χ4n) is 4.97. The standard InChI is InChI=1S/C32H33NS2/c1-4-24-14-16-27(17-15-24)28-18-22(2)30-29(19-28)31(23(3)33-20-25-10-8-9-11-25)35-32(30)34-21-26-12-6-5-7-13-26/h5-10,12-17,28,33H,2-4,11,18-21H2,1H3. The van der Waals surface area contributed by atoms with Crippen molar-refractivity contribution in [3.63, 3.8) is 0 Å². The fourth-order valence-corrected chi connectivity index (χ4v) is 7.59. The van der Waals surface area contributed by atoms with Crippen LogP contribution >= 0.6 is 23.1 Å². The molecule has 2 aromatic carbocycles. The van der Waals surface area contributed by atoms with Gasteiger partial charge in [-0.1, -0.05) is 92.9 Å². The second-order valence-corrected chi connectivity index (χ2v) is 11.7. The number of thiophene rings is 1. The molecule has 1 unspecified atom stereocenters. The summed E-state index contributed by atoms with van der Waals surface area (Å²) in [7, 11) is 0. The quantitative estimate of drug-likeness (QED) is 0.298. The van der Waals surface area contributed by atoms with Crippen molar-refractivity contribution in [2.45, 2.75) is 48.5 Å². The van der Waals surface area contributed by atoms with Crippen LogP contribution in [0.4, 0.5) is 0 Å². The molecule has 1 atom stereocenters. The van der Waals surface area contributed by atoms with Crippen LogP contribution in [0, 0.1) is 0 Å². The van der Waals surface area contributed by atoms with Crippen LogP contribution in [-0.2, 0) is 18.6 Å². The number of nitrogens with one attached hydrogen (secondary N) is 1. The molecule has 35 heavy (non-hydrogen) atoms. The maximum atomic E-state index is 4.59. The van der Waals surface area contributed by atoms with Crippen molar-refractivity contribution >= 4 is 34.4 Å². The summed E-state index contributed by atoms with van der Waals surface area (Å²) in [5.74, 6) is 1.44. The number of fused-ring (bicyclic) bond motifs is 1. The number of hydrogen-bond acceptors (Lipinski definition) is 3. The Morgan fingerprint density at radius 1 is 1.06 bits per heavy atom. The Balaban J connectivity index is 1.43. The summed E-state index contributed by atoms with van der Waals surface area (Å²) >= 11 is 3.84. The van der Waals surface area contributed by atoms with E-state index in [2.05, 4.69) is 98.2 Å². The Morgan fingerprint density at radius 2 is 1.86 bits per heavy atom. The van der Waals surface area contributed by atoms with E-state index in [9.17, 15) is 0 Å². The Bertz CT molecular complexity index is 1280. The van der Waals surface area contributed by atoms with Crippen molar-refractivity contribution in [2.24, 2.45) is 0 Å². The van der Waals surface area contributed by atoms with Crippen molar-refractivity contribution in [1.29, 1.82) is 0 Å². The van der Waals surface area contributed by atoms with E-state index >= 15 is 0 Å². The zero-order chi connectivity index (χ0) is 24.2. The van der Waals surface area contributed by atoms with Crippen molar-refractivity contribution in [3.8, 4) is 0 Å². The van der Waals surface area contributed by atoms with Gasteiger partial charge in [0.1, 0.15) is 0 Å². The molecule has 178 valence electrons. The molecule has 1 heterocycles. The number of rotatable bonds is 9. The van der Waals surface area contributed by atoms with Gasteiger partial charge in [-0.25, -0.2) is 0 Å². The summed E-state index contributed by atoms with van der Waals surface area (Å²) in [5, 5.41) is 3.63. The average Bonchev–Trinajstić information content (AvgIpc) is 3.55. The van der Waals surface area contributed by atoms with E-state index in [0.717, 1.165) is 43.7 Å². The first kappa shape index (κ1) is 24.0. The van der Waals surface area contributed by atoms with Crippen LogP contribution in [0.2, 0.25) is 0 Å². The largest absolute Gasteiger partial charge is 0.381 e. The number of allylic oxidation sites excluding steroid dienone is 4. The lowest BCUT2D eigenvalue weighted by Gasteiger charge is -2.27. The van der Waals surface area contributed by atoms with Gasteiger partial charge in [-0.2, -0.15) is 0 Å². The lowest BCUT2D eigenvalue weighted by atomic mass is 9.78. The van der Waals surface area contributed by atoms with Crippen LogP contribution in [0.15, 0.2) is 95.8 Å². The van der Waals surface area contributed by atoms with Crippen LogP contribution in [0.3, 0.4) is 0 Å². The normalized spacial score (nSPS) is 16.8. The monoisotopic (exact) mass is 495 g/mol. The fraction of sp³-hybridized carbons (Fsp3) is 0.250. The lowest BCUT2D eigenvalue weighted by Crippen LogP contribution is -2.17. The molecule has 3 aromatic rings. The molecule has 0 saturated heterocycles. The summed E-state index contributed by atoms with van der Waals surface area (Å²) in [4.78, 5) is 1.30. The number of hydrogen-bond donors (Lipinski definition) is 1. The van der Waals surface area contributed by atoms with E-state index in [1.807, 2.05) is 23.1 Å². The zero-order valence-electron chi connectivity index (χ0n) is 20.5. The molecule has 1 nitrogen and oxygen atoms in total. The highest BCUT2D eigenvalue weighted by Gasteiger charge is 2.30. The number of thioether (sulfide) groups is 1. The van der Waals surface area contributed by atoms with E-state index < -0.39 is 0 Å². The smallest absolute Gasteiger partial charge is 0.0687 e. The highest BCUT2D eigenvalue weighted by atomic mass is 32.2. The lowest BCUT2D eigenvalue weighted by molar-refractivity contribution is 0.683. The first-order valence-corrected chi connectivity index (χ1v) is 14.3. The van der Waals surface area contributed by atoms with Gasteiger partial charge >= 0.3 is 0 Å². The molecule has 0 bridgehead atoms. The third kappa shape index (κ3) is 5.42. The summed E-state index contributed by atoms with van der Waals surface area (Å²) in [6.45, 7) is 12.1. The first-order chi connectivity index (χ1) is 17.1. The minimum absolute atomic E-state index is 0.468. The Hall–Kier alpha value is -2.75. The SMILES string of the molecule is C=C(NCC1=CC=CC1)c1sc(SCc2ccccc2)c2c1CC(c1ccc(CC)cc1)CC2=C. The van der Waals surface area contributed by atoms with Crippen LogP contribution < -0.4 is 5.32 Å². The van der Waals surface area contributed by atoms with Crippen LogP contribution in [0.25, 0.3) is 11.3 Å². The van der Waals surface area contributed by atoms with E-state index in [-0.39, 0.29) is 0 Å². The molecule has 2 aliphatic carbocycles. The van der Waals surface area contributed by atoms with Crippen molar-refractivity contribution in [3.05, 3.63) is 124 Å². The molecule has 0 radical (unpaired) electrons. The van der Waals surface area contributed by atoms with Gasteiger partial charge in [0.2, 0.25) is 0 Å². The maximum absolute atomic E-state index is 4.59. The topological polar surface area (TPSA) is 12.0 Å². The average molecular weight is 496 g/mol. The van der Waals surface area contributed by atoms with E-state index in [1.165, 1.54) is 48.0 Å². The summed E-state index contributed by atoms with van der Waals surface area (Å²) < 4.78 is 1.38. The van der Waals surface area contributed by atoms with Crippen LogP contribution in [-0.4, -0.2) is 6.54 Å². The van der Waals surface area contributed by atoms with E-state index in [0.29, 0.717) is 5.92 Å². The van der Waals surface area contributed by atoms with Gasteiger partial charge in [0.15, 0.2) is 0 Å². The molecular formula is C32H33NS2. The third-order valence-electron chi connectivity index (χ3n) is 6.99. The predicted octanol–water partition coefficient (Wildman–Crippen LogP) is 8.79. The first-order valence-electron chi connectivity index (χ1n) is 12.5. The van der Waals surface area contributed by atoms with Gasteiger partial charge in [0.25, 0.3) is 0 Å².